The van der Waals surface area contributed by atoms with Gasteiger partial charge in [-0.3, -0.25) is 4.57 Å². The van der Waals surface area contributed by atoms with Gasteiger partial charge in [-0.2, -0.15) is 0 Å². The van der Waals surface area contributed by atoms with E-state index in [1.165, 1.54) is 16.7 Å². The van der Waals surface area contributed by atoms with Gasteiger partial charge in [-0.05, 0) is 31.2 Å². The van der Waals surface area contributed by atoms with E-state index in [4.69, 9.17) is 0 Å². The molecule has 4 nitrogen and oxygen atoms in total. The number of ether oxygens (including phenoxy) is 1. The third-order valence-corrected chi connectivity index (χ3v) is 2.19. The van der Waals surface area contributed by atoms with Gasteiger partial charge >= 0.3 is 12.1 Å². The highest BCUT2D eigenvalue weighted by atomic mass is 19.4. The predicted molar refractivity (Wildman–Crippen MR) is 57.8 cm³/mol. The lowest BCUT2D eigenvalue weighted by Gasteiger charge is -2.09. The first-order chi connectivity index (χ1) is 8.35. The van der Waals surface area contributed by atoms with Crippen molar-refractivity contribution in [3.05, 3.63) is 46.6 Å². The molecule has 96 valence electrons. The summed E-state index contributed by atoms with van der Waals surface area (Å²) in [4.78, 5) is 14.0. The number of benzene rings is 1. The molecule has 18 heavy (non-hydrogen) atoms. The van der Waals surface area contributed by atoms with Gasteiger partial charge in [0.2, 0.25) is 0 Å². The molecule has 0 fully saturated rings. The smallest absolute Gasteiger partial charge is 0.406 e. The second-order valence-corrected chi connectivity index (χ2v) is 3.65. The fourth-order valence-corrected chi connectivity index (χ4v) is 1.51. The van der Waals surface area contributed by atoms with E-state index in [0.29, 0.717) is 11.4 Å². The van der Waals surface area contributed by atoms with Gasteiger partial charge in [-0.15, -0.1) is 13.2 Å². The van der Waals surface area contributed by atoms with Crippen molar-refractivity contribution in [1.82, 2.24) is 9.55 Å². The number of alkyl halides is 3. The number of halogens is 3. The van der Waals surface area contributed by atoms with Gasteiger partial charge in [0.1, 0.15) is 5.75 Å². The maximum atomic E-state index is 11.9. The molecular formula is C11H9F3N2O2. The van der Waals surface area contributed by atoms with Crippen LogP contribution >= 0.6 is 0 Å². The lowest BCUT2D eigenvalue weighted by Crippen LogP contribution is -2.17. The van der Waals surface area contributed by atoms with Gasteiger partial charge < -0.3 is 9.72 Å². The molecule has 0 amide bonds. The molecular weight excluding hydrogens is 249 g/mol. The minimum atomic E-state index is -4.72. The second kappa shape index (κ2) is 4.25. The standard InChI is InChI=1S/C11H9F3N2O2/c1-7-6-16(10(17)15-7)8-2-4-9(5-3-8)18-11(12,13)14/h2-6H,1H3,(H,15,17). The summed E-state index contributed by atoms with van der Waals surface area (Å²) in [5, 5.41) is 0. The summed E-state index contributed by atoms with van der Waals surface area (Å²) in [6.07, 6.45) is -3.16. The Morgan fingerprint density at radius 3 is 2.28 bits per heavy atom. The molecule has 0 aliphatic heterocycles. The first kappa shape index (κ1) is 12.3. The second-order valence-electron chi connectivity index (χ2n) is 3.65. The maximum absolute atomic E-state index is 11.9. The summed E-state index contributed by atoms with van der Waals surface area (Å²) < 4.78 is 40.9. The molecule has 2 aromatic rings. The van der Waals surface area contributed by atoms with Gasteiger partial charge in [-0.1, -0.05) is 0 Å². The molecule has 7 heteroatoms. The van der Waals surface area contributed by atoms with Crippen LogP contribution in [-0.4, -0.2) is 15.9 Å². The Morgan fingerprint density at radius 1 is 1.22 bits per heavy atom. The summed E-state index contributed by atoms with van der Waals surface area (Å²) in [7, 11) is 0. The topological polar surface area (TPSA) is 47.0 Å². The molecule has 0 unspecified atom stereocenters. The van der Waals surface area contributed by atoms with E-state index in [9.17, 15) is 18.0 Å². The number of aromatic amines is 1. The number of H-pyrrole nitrogens is 1. The van der Waals surface area contributed by atoms with Crippen LogP contribution in [0.1, 0.15) is 5.69 Å². The molecule has 1 aromatic carbocycles. The Balaban J connectivity index is 2.28. The summed E-state index contributed by atoms with van der Waals surface area (Å²) in [6, 6.07) is 5.04. The van der Waals surface area contributed by atoms with Crippen molar-refractivity contribution >= 4 is 0 Å². The first-order valence-corrected chi connectivity index (χ1v) is 4.99. The van der Waals surface area contributed by atoms with Crippen LogP contribution in [0.15, 0.2) is 35.3 Å². The molecule has 0 aliphatic rings. The van der Waals surface area contributed by atoms with Crippen molar-refractivity contribution < 1.29 is 17.9 Å². The van der Waals surface area contributed by atoms with E-state index in [-0.39, 0.29) is 11.4 Å². The summed E-state index contributed by atoms with van der Waals surface area (Å²) >= 11 is 0. The van der Waals surface area contributed by atoms with Crippen molar-refractivity contribution in [3.63, 3.8) is 0 Å². The lowest BCUT2D eigenvalue weighted by molar-refractivity contribution is -0.274. The fraction of sp³-hybridized carbons (Fsp3) is 0.182. The maximum Gasteiger partial charge on any atom is 0.573 e. The van der Waals surface area contributed by atoms with Gasteiger partial charge in [0, 0.05) is 11.9 Å². The Labute approximate surface area is 99.6 Å². The van der Waals surface area contributed by atoms with E-state index < -0.39 is 6.36 Å². The predicted octanol–water partition coefficient (Wildman–Crippen LogP) is 2.37. The van der Waals surface area contributed by atoms with Crippen molar-refractivity contribution in [2.45, 2.75) is 13.3 Å². The zero-order valence-corrected chi connectivity index (χ0v) is 9.28. The third kappa shape index (κ3) is 2.73. The van der Waals surface area contributed by atoms with Crippen LogP contribution in [0.25, 0.3) is 5.69 Å². The molecule has 0 atom stereocenters. The van der Waals surface area contributed by atoms with Gasteiger partial charge in [0.15, 0.2) is 0 Å². The van der Waals surface area contributed by atoms with Crippen molar-refractivity contribution in [2.24, 2.45) is 0 Å². The third-order valence-electron chi connectivity index (χ3n) is 2.19. The molecule has 1 heterocycles. The number of nitrogens with one attached hydrogen (secondary N) is 1. The van der Waals surface area contributed by atoms with Crippen molar-refractivity contribution in [1.29, 1.82) is 0 Å². The van der Waals surface area contributed by atoms with Crippen LogP contribution in [0.4, 0.5) is 13.2 Å². The van der Waals surface area contributed by atoms with Gasteiger partial charge in [-0.25, -0.2) is 4.79 Å². The molecule has 0 aliphatic carbocycles. The highest BCUT2D eigenvalue weighted by Gasteiger charge is 2.30. The van der Waals surface area contributed by atoms with Crippen molar-refractivity contribution in [3.8, 4) is 11.4 Å². The van der Waals surface area contributed by atoms with Crippen LogP contribution in [0.5, 0.6) is 5.75 Å². The molecule has 0 saturated heterocycles. The van der Waals surface area contributed by atoms with Crippen LogP contribution in [0.3, 0.4) is 0 Å². The van der Waals surface area contributed by atoms with Crippen molar-refractivity contribution in [2.75, 3.05) is 0 Å². The Bertz CT molecular complexity index is 596. The zero-order valence-electron chi connectivity index (χ0n) is 9.28. The number of imidazole rings is 1. The summed E-state index contributed by atoms with van der Waals surface area (Å²) in [5.41, 5.74) is 0.770. The molecule has 0 saturated carbocycles. The van der Waals surface area contributed by atoms with Crippen LogP contribution in [-0.2, 0) is 0 Å². The van der Waals surface area contributed by atoms with E-state index >= 15 is 0 Å². The van der Waals surface area contributed by atoms with Crippen LogP contribution in [0.2, 0.25) is 0 Å². The van der Waals surface area contributed by atoms with E-state index in [2.05, 4.69) is 9.72 Å². The van der Waals surface area contributed by atoms with Crippen LogP contribution in [0, 0.1) is 6.92 Å². The molecule has 0 spiro atoms. The largest absolute Gasteiger partial charge is 0.573 e. The molecule has 2 rings (SSSR count). The van der Waals surface area contributed by atoms with Gasteiger partial charge in [0.05, 0.1) is 5.69 Å². The number of hydrogen-bond donors (Lipinski definition) is 1. The van der Waals surface area contributed by atoms with E-state index in [1.807, 2.05) is 0 Å². The molecule has 0 bridgehead atoms. The summed E-state index contributed by atoms with van der Waals surface area (Å²) in [6.45, 7) is 1.71. The highest BCUT2D eigenvalue weighted by molar-refractivity contribution is 5.37. The Kier molecular flexibility index (Phi) is 2.90. The number of hydrogen-bond acceptors (Lipinski definition) is 2. The number of rotatable bonds is 2. The minimum Gasteiger partial charge on any atom is -0.406 e. The van der Waals surface area contributed by atoms with E-state index in [1.54, 1.807) is 13.1 Å². The molecule has 1 N–H and O–H groups in total. The number of aromatic nitrogens is 2. The number of aryl methyl sites for hydroxylation is 1. The SMILES string of the molecule is Cc1cn(-c2ccc(OC(F)(F)F)cc2)c(=O)[nH]1. The zero-order chi connectivity index (χ0) is 13.3. The lowest BCUT2D eigenvalue weighted by atomic mass is 10.3. The van der Waals surface area contributed by atoms with E-state index in [0.717, 1.165) is 12.1 Å². The molecule has 0 radical (unpaired) electrons. The highest BCUT2D eigenvalue weighted by Crippen LogP contribution is 2.23. The minimum absolute atomic E-state index is 0.327. The van der Waals surface area contributed by atoms with Crippen LogP contribution < -0.4 is 10.4 Å². The normalized spacial score (nSPS) is 11.6. The summed E-state index contributed by atoms with van der Waals surface area (Å²) in [5.74, 6) is -0.327. The average Bonchev–Trinajstić information content (AvgIpc) is 2.57. The molecule has 1 aromatic heterocycles. The average molecular weight is 258 g/mol. The monoisotopic (exact) mass is 258 g/mol. The first-order valence-electron chi connectivity index (χ1n) is 4.99. The quantitative estimate of drug-likeness (QED) is 0.898. The van der Waals surface area contributed by atoms with Gasteiger partial charge in [0.25, 0.3) is 0 Å². The fourth-order valence-electron chi connectivity index (χ4n) is 1.51. The Morgan fingerprint density at radius 2 is 1.83 bits per heavy atom. The number of nitrogens with zero attached hydrogens (tertiary/aromatic N) is 1. The Hall–Kier alpha value is -2.18.